The SMILES string of the molecule is CCc1nc(C)c(CNC(=O)c2cc(C(C)=O)n[nH]2)s1. The number of carbonyl (C=O) groups is 2. The number of carbonyl (C=O) groups excluding carboxylic acids is 2. The molecule has 7 heteroatoms. The van der Waals surface area contributed by atoms with Crippen molar-refractivity contribution in [3.05, 3.63) is 33.0 Å². The van der Waals surface area contributed by atoms with Crippen molar-refractivity contribution in [1.82, 2.24) is 20.5 Å². The molecule has 0 aliphatic carbocycles. The first-order valence-corrected chi connectivity index (χ1v) is 7.12. The Kier molecular flexibility index (Phi) is 4.29. The molecule has 0 spiro atoms. The van der Waals surface area contributed by atoms with Gasteiger partial charge < -0.3 is 5.32 Å². The normalized spacial score (nSPS) is 10.6. The number of nitrogens with one attached hydrogen (secondary N) is 2. The van der Waals surface area contributed by atoms with E-state index >= 15 is 0 Å². The third-order valence-electron chi connectivity index (χ3n) is 2.83. The summed E-state index contributed by atoms with van der Waals surface area (Å²) in [7, 11) is 0. The molecular weight excluding hydrogens is 276 g/mol. The zero-order valence-corrected chi connectivity index (χ0v) is 12.4. The Morgan fingerprint density at radius 3 is 2.75 bits per heavy atom. The van der Waals surface area contributed by atoms with E-state index in [-0.39, 0.29) is 23.1 Å². The van der Waals surface area contributed by atoms with E-state index in [0.717, 1.165) is 22.0 Å². The molecule has 2 N–H and O–H groups in total. The number of ketones is 1. The van der Waals surface area contributed by atoms with Gasteiger partial charge in [-0.1, -0.05) is 6.92 Å². The molecule has 0 fully saturated rings. The van der Waals surface area contributed by atoms with E-state index in [1.165, 1.54) is 13.0 Å². The number of Topliss-reactive ketones (excluding diaryl/α,β-unsaturated/α-hetero) is 1. The highest BCUT2D eigenvalue weighted by Crippen LogP contribution is 2.18. The number of aromatic nitrogens is 3. The van der Waals surface area contributed by atoms with Crippen LogP contribution in [0.1, 0.15) is 50.4 Å². The second-order valence-corrected chi connectivity index (χ2v) is 5.54. The van der Waals surface area contributed by atoms with Crippen molar-refractivity contribution < 1.29 is 9.59 Å². The van der Waals surface area contributed by atoms with E-state index in [1.807, 2.05) is 6.92 Å². The van der Waals surface area contributed by atoms with E-state index in [0.29, 0.717) is 6.54 Å². The molecule has 2 heterocycles. The summed E-state index contributed by atoms with van der Waals surface area (Å²) in [6.07, 6.45) is 0.891. The average Bonchev–Trinajstić information content (AvgIpc) is 3.02. The molecule has 0 atom stereocenters. The van der Waals surface area contributed by atoms with Crippen LogP contribution in [-0.2, 0) is 13.0 Å². The lowest BCUT2D eigenvalue weighted by molar-refractivity contribution is 0.0945. The molecule has 0 saturated carbocycles. The second kappa shape index (κ2) is 5.96. The van der Waals surface area contributed by atoms with Gasteiger partial charge in [-0.3, -0.25) is 14.7 Å². The van der Waals surface area contributed by atoms with Crippen molar-refractivity contribution in [2.45, 2.75) is 33.7 Å². The zero-order valence-electron chi connectivity index (χ0n) is 11.6. The van der Waals surface area contributed by atoms with Gasteiger partial charge in [0.2, 0.25) is 0 Å². The number of hydrogen-bond donors (Lipinski definition) is 2. The number of aromatic amines is 1. The van der Waals surface area contributed by atoms with Crippen LogP contribution in [0.2, 0.25) is 0 Å². The molecule has 2 rings (SSSR count). The average molecular weight is 292 g/mol. The summed E-state index contributed by atoms with van der Waals surface area (Å²) >= 11 is 1.60. The van der Waals surface area contributed by atoms with Crippen molar-refractivity contribution in [2.24, 2.45) is 0 Å². The molecule has 0 bridgehead atoms. The minimum absolute atomic E-state index is 0.175. The molecule has 6 nitrogen and oxygen atoms in total. The van der Waals surface area contributed by atoms with Crippen molar-refractivity contribution >= 4 is 23.0 Å². The summed E-state index contributed by atoms with van der Waals surface area (Å²) in [5.41, 5.74) is 1.49. The van der Waals surface area contributed by atoms with Crippen LogP contribution >= 0.6 is 11.3 Å². The Bertz CT molecular complexity index is 645. The number of rotatable bonds is 5. The molecule has 2 aromatic rings. The minimum Gasteiger partial charge on any atom is -0.346 e. The Hall–Kier alpha value is -2.02. The molecule has 0 unspecified atom stereocenters. The lowest BCUT2D eigenvalue weighted by Gasteiger charge is -2.01. The van der Waals surface area contributed by atoms with E-state index in [1.54, 1.807) is 11.3 Å². The van der Waals surface area contributed by atoms with E-state index < -0.39 is 0 Å². The quantitative estimate of drug-likeness (QED) is 0.823. The summed E-state index contributed by atoms with van der Waals surface area (Å²) in [5, 5.41) is 10.2. The standard InChI is InChI=1S/C13H16N4O2S/c1-4-12-15-7(2)11(20-12)6-14-13(19)10-5-9(8(3)18)16-17-10/h5H,4,6H2,1-3H3,(H,14,19)(H,16,17). The highest BCUT2D eigenvalue weighted by molar-refractivity contribution is 7.11. The lowest BCUT2D eigenvalue weighted by Crippen LogP contribution is -2.23. The Morgan fingerprint density at radius 2 is 2.20 bits per heavy atom. The van der Waals surface area contributed by atoms with Crippen LogP contribution in [0, 0.1) is 6.92 Å². The van der Waals surface area contributed by atoms with Gasteiger partial charge in [-0.05, 0) is 19.4 Å². The molecule has 106 valence electrons. The molecule has 0 saturated heterocycles. The summed E-state index contributed by atoms with van der Waals surface area (Å²) in [4.78, 5) is 28.5. The summed E-state index contributed by atoms with van der Waals surface area (Å²) in [6, 6.07) is 1.45. The van der Waals surface area contributed by atoms with Crippen molar-refractivity contribution in [3.63, 3.8) is 0 Å². The van der Waals surface area contributed by atoms with Gasteiger partial charge in [-0.15, -0.1) is 11.3 Å². The number of amides is 1. The van der Waals surface area contributed by atoms with Gasteiger partial charge in [-0.2, -0.15) is 5.10 Å². The first-order chi connectivity index (χ1) is 9.51. The fourth-order valence-corrected chi connectivity index (χ4v) is 2.63. The van der Waals surface area contributed by atoms with Gasteiger partial charge in [0.25, 0.3) is 5.91 Å². The van der Waals surface area contributed by atoms with E-state index in [4.69, 9.17) is 0 Å². The number of nitrogens with zero attached hydrogens (tertiary/aromatic N) is 2. The van der Waals surface area contributed by atoms with Gasteiger partial charge in [0.05, 0.1) is 17.2 Å². The third kappa shape index (κ3) is 3.11. The maximum atomic E-state index is 11.9. The van der Waals surface area contributed by atoms with Crippen LogP contribution in [0.3, 0.4) is 0 Å². The Morgan fingerprint density at radius 1 is 1.45 bits per heavy atom. The maximum absolute atomic E-state index is 11.9. The van der Waals surface area contributed by atoms with Gasteiger partial charge in [0, 0.05) is 11.8 Å². The van der Waals surface area contributed by atoms with Crippen molar-refractivity contribution in [1.29, 1.82) is 0 Å². The first kappa shape index (κ1) is 14.4. The topological polar surface area (TPSA) is 87.7 Å². The van der Waals surface area contributed by atoms with Gasteiger partial charge in [-0.25, -0.2) is 4.98 Å². The molecule has 0 aliphatic heterocycles. The molecule has 20 heavy (non-hydrogen) atoms. The molecule has 0 aliphatic rings. The van der Waals surface area contributed by atoms with Crippen molar-refractivity contribution in [3.8, 4) is 0 Å². The lowest BCUT2D eigenvalue weighted by atomic mass is 10.3. The fraction of sp³-hybridized carbons (Fsp3) is 0.385. The predicted molar refractivity (Wildman–Crippen MR) is 76.0 cm³/mol. The van der Waals surface area contributed by atoms with Crippen molar-refractivity contribution in [2.75, 3.05) is 0 Å². The fourth-order valence-electron chi connectivity index (χ4n) is 1.68. The predicted octanol–water partition coefficient (Wildman–Crippen LogP) is 1.87. The number of thiazole rings is 1. The summed E-state index contributed by atoms with van der Waals surface area (Å²) < 4.78 is 0. The van der Waals surface area contributed by atoms with Crippen LogP contribution in [-0.4, -0.2) is 26.9 Å². The molecule has 0 radical (unpaired) electrons. The van der Waals surface area contributed by atoms with Crippen LogP contribution in [0.4, 0.5) is 0 Å². The first-order valence-electron chi connectivity index (χ1n) is 6.31. The molecule has 2 aromatic heterocycles. The van der Waals surface area contributed by atoms with Gasteiger partial charge in [0.15, 0.2) is 5.78 Å². The number of hydrogen-bond acceptors (Lipinski definition) is 5. The van der Waals surface area contributed by atoms with Crippen LogP contribution in [0.25, 0.3) is 0 Å². The Labute approximate surface area is 120 Å². The Balaban J connectivity index is 2.00. The summed E-state index contributed by atoms with van der Waals surface area (Å²) in [5.74, 6) is -0.456. The highest BCUT2D eigenvalue weighted by atomic mass is 32.1. The third-order valence-corrected chi connectivity index (χ3v) is 4.13. The largest absolute Gasteiger partial charge is 0.346 e. The maximum Gasteiger partial charge on any atom is 0.269 e. The smallest absolute Gasteiger partial charge is 0.269 e. The number of aryl methyl sites for hydroxylation is 2. The number of H-pyrrole nitrogens is 1. The van der Waals surface area contributed by atoms with E-state index in [2.05, 4.69) is 27.4 Å². The monoisotopic (exact) mass is 292 g/mol. The highest BCUT2D eigenvalue weighted by Gasteiger charge is 2.13. The second-order valence-electron chi connectivity index (χ2n) is 4.38. The van der Waals surface area contributed by atoms with Crippen LogP contribution in [0.5, 0.6) is 0 Å². The van der Waals surface area contributed by atoms with E-state index in [9.17, 15) is 9.59 Å². The van der Waals surface area contributed by atoms with Crippen LogP contribution < -0.4 is 5.32 Å². The molecule has 1 amide bonds. The zero-order chi connectivity index (χ0) is 14.7. The minimum atomic E-state index is -0.282. The van der Waals surface area contributed by atoms with Gasteiger partial charge >= 0.3 is 0 Å². The van der Waals surface area contributed by atoms with Crippen LogP contribution in [0.15, 0.2) is 6.07 Å². The molecule has 0 aromatic carbocycles. The summed E-state index contributed by atoms with van der Waals surface area (Å²) in [6.45, 7) is 5.82. The molecular formula is C13H16N4O2S. The van der Waals surface area contributed by atoms with Gasteiger partial charge in [0.1, 0.15) is 11.4 Å².